The van der Waals surface area contributed by atoms with Crippen molar-refractivity contribution in [1.29, 1.82) is 0 Å². The lowest BCUT2D eigenvalue weighted by atomic mass is 10.1. The first-order valence-electron chi connectivity index (χ1n) is 13.2. The van der Waals surface area contributed by atoms with E-state index in [9.17, 15) is 27.5 Å². The maximum absolute atomic E-state index is 15.0. The first kappa shape index (κ1) is 30.8. The van der Waals surface area contributed by atoms with Gasteiger partial charge in [0.1, 0.15) is 29.5 Å². The van der Waals surface area contributed by atoms with Crippen molar-refractivity contribution in [2.45, 2.75) is 19.4 Å². The molecule has 2 aromatic heterocycles. The zero-order valence-electron chi connectivity index (χ0n) is 23.1. The number of carboxylic acid groups (broad SMARTS) is 1. The molecule has 1 fully saturated rings. The molecule has 0 amide bonds. The number of nitrogens with zero attached hydrogens (tertiary/aromatic N) is 3. The first-order valence-corrected chi connectivity index (χ1v) is 13.6. The van der Waals surface area contributed by atoms with E-state index in [-0.39, 0.29) is 57.5 Å². The van der Waals surface area contributed by atoms with E-state index in [4.69, 9.17) is 25.8 Å². The van der Waals surface area contributed by atoms with Gasteiger partial charge in [0.05, 0.1) is 16.8 Å². The number of fused-ring (bicyclic) bond motifs is 1. The molecule has 3 heterocycles. The summed E-state index contributed by atoms with van der Waals surface area (Å²) < 4.78 is 75.4. The van der Waals surface area contributed by atoms with Gasteiger partial charge in [0, 0.05) is 50.0 Å². The molecule has 3 aromatic carbocycles. The lowest BCUT2D eigenvalue weighted by Gasteiger charge is -2.11. The van der Waals surface area contributed by atoms with Crippen molar-refractivity contribution in [1.82, 2.24) is 14.5 Å². The number of aryl methyl sites for hydroxylation is 1. The van der Waals surface area contributed by atoms with Gasteiger partial charge < -0.3 is 23.9 Å². The molecule has 0 saturated carbocycles. The SMILES string of the molecule is C1COC1.Cn1c(Cc2cc(F)c(Oc3ccnc(COc4ccc(Cl)cc4F)c3)cc2F)nc2c(F)cc(C(=O)O)cc21. The third-order valence-electron chi connectivity index (χ3n) is 6.59. The lowest BCUT2D eigenvalue weighted by Crippen LogP contribution is -2.09. The molecule has 228 valence electrons. The van der Waals surface area contributed by atoms with Gasteiger partial charge in [0.15, 0.2) is 29.0 Å². The van der Waals surface area contributed by atoms with Crippen LogP contribution in [0.15, 0.2) is 60.8 Å². The molecule has 6 rings (SSSR count). The first-order chi connectivity index (χ1) is 21.1. The quantitative estimate of drug-likeness (QED) is 0.181. The van der Waals surface area contributed by atoms with Gasteiger partial charge in [-0.05, 0) is 54.4 Å². The molecule has 8 nitrogen and oxygen atoms in total. The molecular weight excluding hydrogens is 606 g/mol. The second-order valence-corrected chi connectivity index (χ2v) is 10.1. The Hall–Kier alpha value is -4.68. The predicted molar refractivity (Wildman–Crippen MR) is 152 cm³/mol. The molecule has 44 heavy (non-hydrogen) atoms. The topological polar surface area (TPSA) is 95.7 Å². The molecule has 0 aliphatic carbocycles. The summed E-state index contributed by atoms with van der Waals surface area (Å²) >= 11 is 5.73. The summed E-state index contributed by atoms with van der Waals surface area (Å²) in [5.41, 5.74) is 0.116. The van der Waals surface area contributed by atoms with E-state index in [1.807, 2.05) is 0 Å². The summed E-state index contributed by atoms with van der Waals surface area (Å²) in [6.45, 7) is 1.87. The lowest BCUT2D eigenvalue weighted by molar-refractivity contribution is 0.0367. The van der Waals surface area contributed by atoms with E-state index >= 15 is 0 Å². The van der Waals surface area contributed by atoms with Crippen LogP contribution < -0.4 is 9.47 Å². The maximum atomic E-state index is 15.0. The summed E-state index contributed by atoms with van der Waals surface area (Å²) in [4.78, 5) is 19.5. The molecule has 1 aliphatic heterocycles. The number of aromatic carboxylic acids is 1. The van der Waals surface area contributed by atoms with Crippen LogP contribution in [0.5, 0.6) is 17.2 Å². The molecule has 0 atom stereocenters. The van der Waals surface area contributed by atoms with Crippen LogP contribution in [0.25, 0.3) is 11.0 Å². The van der Waals surface area contributed by atoms with Crippen LogP contribution in [0, 0.1) is 23.3 Å². The largest absolute Gasteiger partial charge is 0.484 e. The number of pyridine rings is 1. The zero-order chi connectivity index (χ0) is 31.4. The minimum Gasteiger partial charge on any atom is -0.484 e. The Balaban J connectivity index is 0.000000888. The number of ether oxygens (including phenoxy) is 3. The molecule has 0 bridgehead atoms. The molecule has 0 radical (unpaired) electrons. The van der Waals surface area contributed by atoms with Crippen LogP contribution in [-0.2, 0) is 24.8 Å². The van der Waals surface area contributed by atoms with E-state index in [1.165, 1.54) is 54.6 Å². The minimum absolute atomic E-state index is 0.0353. The maximum Gasteiger partial charge on any atom is 0.335 e. The molecule has 0 spiro atoms. The molecule has 5 aromatic rings. The fraction of sp³-hybridized carbons (Fsp3) is 0.194. The number of aromatic nitrogens is 3. The molecule has 1 N–H and O–H groups in total. The van der Waals surface area contributed by atoms with Gasteiger partial charge >= 0.3 is 5.97 Å². The van der Waals surface area contributed by atoms with Crippen LogP contribution in [0.2, 0.25) is 5.02 Å². The van der Waals surface area contributed by atoms with Gasteiger partial charge in [0.25, 0.3) is 0 Å². The summed E-state index contributed by atoms with van der Waals surface area (Å²) in [5, 5.41) is 9.40. The molecule has 1 saturated heterocycles. The van der Waals surface area contributed by atoms with E-state index in [1.54, 1.807) is 0 Å². The van der Waals surface area contributed by atoms with Crippen LogP contribution >= 0.6 is 11.6 Å². The normalized spacial score (nSPS) is 12.3. The second-order valence-electron chi connectivity index (χ2n) is 9.68. The highest BCUT2D eigenvalue weighted by molar-refractivity contribution is 6.30. The van der Waals surface area contributed by atoms with Crippen molar-refractivity contribution >= 4 is 28.6 Å². The fourth-order valence-corrected chi connectivity index (χ4v) is 4.30. The molecule has 1 aliphatic rings. The number of carboxylic acids is 1. The Bertz CT molecular complexity index is 1840. The minimum atomic E-state index is -1.31. The number of imidazole rings is 1. The molecule has 13 heteroatoms. The van der Waals surface area contributed by atoms with Gasteiger partial charge in [0.2, 0.25) is 0 Å². The van der Waals surface area contributed by atoms with Gasteiger partial charge in [-0.1, -0.05) is 11.6 Å². The van der Waals surface area contributed by atoms with Crippen molar-refractivity contribution in [2.75, 3.05) is 13.2 Å². The average Bonchev–Trinajstić information content (AvgIpc) is 3.25. The van der Waals surface area contributed by atoms with E-state index in [0.717, 1.165) is 37.5 Å². The summed E-state index contributed by atoms with van der Waals surface area (Å²) in [6.07, 6.45) is 2.45. The third-order valence-corrected chi connectivity index (χ3v) is 6.83. The fourth-order valence-electron chi connectivity index (χ4n) is 4.14. The number of hydrogen-bond acceptors (Lipinski definition) is 6. The van der Waals surface area contributed by atoms with Crippen molar-refractivity contribution < 1.29 is 41.7 Å². The standard InChI is InChI=1S/C28H18ClF4N3O4.C3H6O/c1-36-23-8-15(28(37)38)7-22(33)27(23)35-26(36)9-14-6-20(31)25(12-19(14)30)40-18-4-5-34-17(11-18)13-39-24-3-2-16(29)10-21(24)32;1-2-4-3-1/h2-8,10-12H,9,13H2,1H3,(H,37,38);1-3H2. The smallest absolute Gasteiger partial charge is 0.335 e. The van der Waals surface area contributed by atoms with E-state index < -0.39 is 35.0 Å². The Kier molecular flexibility index (Phi) is 9.31. The van der Waals surface area contributed by atoms with Crippen LogP contribution in [0.1, 0.15) is 33.9 Å². The van der Waals surface area contributed by atoms with E-state index in [0.29, 0.717) is 5.69 Å². The van der Waals surface area contributed by atoms with Crippen LogP contribution in [0.3, 0.4) is 0 Å². The van der Waals surface area contributed by atoms with Gasteiger partial charge in [-0.25, -0.2) is 27.3 Å². The highest BCUT2D eigenvalue weighted by Gasteiger charge is 2.19. The van der Waals surface area contributed by atoms with Gasteiger partial charge in [-0.2, -0.15) is 0 Å². The summed E-state index contributed by atoms with van der Waals surface area (Å²) in [6, 6.07) is 10.7. The third kappa shape index (κ3) is 7.09. The van der Waals surface area contributed by atoms with Crippen molar-refractivity contribution in [2.24, 2.45) is 7.05 Å². The summed E-state index contributed by atoms with van der Waals surface area (Å²) in [7, 11) is 1.52. The van der Waals surface area contributed by atoms with E-state index in [2.05, 4.69) is 9.97 Å². The monoisotopic (exact) mass is 629 g/mol. The van der Waals surface area contributed by atoms with Crippen molar-refractivity contribution in [3.63, 3.8) is 0 Å². The summed E-state index contributed by atoms with van der Waals surface area (Å²) in [5.74, 6) is -4.57. The van der Waals surface area contributed by atoms with Crippen LogP contribution in [-0.4, -0.2) is 38.8 Å². The van der Waals surface area contributed by atoms with Gasteiger partial charge in [-0.3, -0.25) is 4.98 Å². The van der Waals surface area contributed by atoms with Gasteiger partial charge in [-0.15, -0.1) is 0 Å². The Morgan fingerprint density at radius 1 is 0.977 bits per heavy atom. The number of benzene rings is 3. The van der Waals surface area contributed by atoms with Crippen molar-refractivity contribution in [3.8, 4) is 17.2 Å². The van der Waals surface area contributed by atoms with Crippen molar-refractivity contribution in [3.05, 3.63) is 112 Å². The average molecular weight is 630 g/mol. The number of hydrogen-bond donors (Lipinski definition) is 1. The predicted octanol–water partition coefficient (Wildman–Crippen LogP) is 7.25. The molecular formula is C31H24ClF4N3O5. The molecule has 0 unspecified atom stereocenters. The number of rotatable bonds is 8. The number of halogens is 5. The number of carbonyl (C=O) groups is 1. The van der Waals surface area contributed by atoms with Crippen LogP contribution in [0.4, 0.5) is 17.6 Å². The second kappa shape index (κ2) is 13.3. The Morgan fingerprint density at radius 2 is 1.70 bits per heavy atom. The Morgan fingerprint density at radius 3 is 2.39 bits per heavy atom. The highest BCUT2D eigenvalue weighted by atomic mass is 35.5. The zero-order valence-corrected chi connectivity index (χ0v) is 23.9. The Labute approximate surface area is 253 Å². The highest BCUT2D eigenvalue weighted by Crippen LogP contribution is 2.30.